The van der Waals surface area contributed by atoms with E-state index in [1.807, 2.05) is 61.5 Å². The second kappa shape index (κ2) is 13.3. The second-order valence-corrected chi connectivity index (χ2v) is 10.7. The largest absolute Gasteiger partial charge is 0.449 e. The summed E-state index contributed by atoms with van der Waals surface area (Å²) in [6, 6.07) is 24.0. The van der Waals surface area contributed by atoms with Gasteiger partial charge in [-0.05, 0) is 65.2 Å². The minimum absolute atomic E-state index is 0.00727. The number of rotatable bonds is 10. The third kappa shape index (κ3) is 6.78. The van der Waals surface area contributed by atoms with Crippen molar-refractivity contribution >= 4 is 18.7 Å². The van der Waals surface area contributed by atoms with Crippen molar-refractivity contribution in [3.63, 3.8) is 0 Å². The number of hydrogen-bond acceptors (Lipinski definition) is 6. The number of allylic oxidation sites excluding steroid dienone is 1. The molecule has 8 nitrogen and oxygen atoms in total. The lowest BCUT2D eigenvalue weighted by Gasteiger charge is -2.28. The number of hydrogen-bond donors (Lipinski definition) is 3. The predicted molar refractivity (Wildman–Crippen MR) is 166 cm³/mol. The Morgan fingerprint density at radius 3 is 2.29 bits per heavy atom. The zero-order chi connectivity index (χ0) is 29.5. The van der Waals surface area contributed by atoms with Gasteiger partial charge in [0.05, 0.1) is 0 Å². The molecule has 0 saturated carbocycles. The number of alkyl carbamates (subject to hydrolysis) is 1. The highest BCUT2D eigenvalue weighted by Gasteiger charge is 2.29. The molecule has 42 heavy (non-hydrogen) atoms. The van der Waals surface area contributed by atoms with Gasteiger partial charge in [0.1, 0.15) is 6.61 Å². The molecular formula is C34H37N5O3. The summed E-state index contributed by atoms with van der Waals surface area (Å²) in [6.07, 6.45) is 2.29. The van der Waals surface area contributed by atoms with Gasteiger partial charge in [0.15, 0.2) is 0 Å². The van der Waals surface area contributed by atoms with E-state index in [0.717, 1.165) is 48.6 Å². The molecule has 1 aliphatic carbocycles. The van der Waals surface area contributed by atoms with Gasteiger partial charge in [-0.3, -0.25) is 14.7 Å². The number of nitrogens with zero attached hydrogens (tertiary/aromatic N) is 2. The number of nitrogens with two attached hydrogens (primary N) is 1. The molecule has 2 aliphatic rings. The van der Waals surface area contributed by atoms with Crippen molar-refractivity contribution < 1.29 is 14.3 Å². The number of carbonyl (C=O) groups excluding carboxylic acids is 2. The Bertz CT molecular complexity index is 1480. The van der Waals surface area contributed by atoms with Crippen LogP contribution in [-0.4, -0.2) is 56.4 Å². The van der Waals surface area contributed by atoms with E-state index in [9.17, 15) is 9.59 Å². The van der Waals surface area contributed by atoms with E-state index >= 15 is 0 Å². The lowest BCUT2D eigenvalue weighted by Crippen LogP contribution is -2.35. The van der Waals surface area contributed by atoms with Crippen molar-refractivity contribution in [3.05, 3.63) is 118 Å². The summed E-state index contributed by atoms with van der Waals surface area (Å²) < 4.78 is 5.56. The minimum atomic E-state index is -0.501. The molecule has 3 aromatic carbocycles. The number of ether oxygens (including phenoxy) is 1. The first-order valence-electron chi connectivity index (χ1n) is 14.2. The Hall–Kier alpha value is -4.69. The molecule has 5 rings (SSSR count). The smallest absolute Gasteiger partial charge is 0.407 e. The SMILES string of the molecule is C=NC1=C(/C=C(\C)N)CN(Cc2ccc(C(=O)NCCNC(=O)OCC3c4ccccc4-c4ccccc43)cc2)CC1. The van der Waals surface area contributed by atoms with Crippen molar-refractivity contribution in [2.24, 2.45) is 10.7 Å². The summed E-state index contributed by atoms with van der Waals surface area (Å²) in [7, 11) is 0. The van der Waals surface area contributed by atoms with Crippen LogP contribution in [0.25, 0.3) is 11.1 Å². The Balaban J connectivity index is 1.04. The lowest BCUT2D eigenvalue weighted by molar-refractivity contribution is 0.0952. The Labute approximate surface area is 247 Å². The fourth-order valence-electron chi connectivity index (χ4n) is 5.67. The Morgan fingerprint density at radius 2 is 1.64 bits per heavy atom. The molecule has 0 bridgehead atoms. The standard InChI is InChI=1S/C34H37N5O3/c1-23(35)19-26-21-39(18-15-32(26)36-2)20-24-11-13-25(14-12-24)33(40)37-16-17-38-34(41)42-22-31-29-9-5-3-7-27(29)28-8-4-6-10-30(28)31/h3-14,19,31H,2,15-18,20-22,35H2,1H3,(H,37,40)(H,38,41)/b23-19+. The summed E-state index contributed by atoms with van der Waals surface area (Å²) in [6.45, 7) is 8.77. The fraction of sp³-hybridized carbons (Fsp3) is 0.265. The lowest BCUT2D eigenvalue weighted by atomic mass is 9.98. The highest BCUT2D eigenvalue weighted by atomic mass is 16.5. The molecule has 0 saturated heterocycles. The predicted octanol–water partition coefficient (Wildman–Crippen LogP) is 4.98. The molecule has 3 aromatic rings. The molecule has 1 aliphatic heterocycles. The summed E-state index contributed by atoms with van der Waals surface area (Å²) in [5.41, 5.74) is 15.1. The first-order valence-corrected chi connectivity index (χ1v) is 14.2. The van der Waals surface area contributed by atoms with Gasteiger partial charge in [0.2, 0.25) is 0 Å². The Kier molecular flexibility index (Phi) is 9.14. The summed E-state index contributed by atoms with van der Waals surface area (Å²) in [5.74, 6) is -0.183. The monoisotopic (exact) mass is 563 g/mol. The fourth-order valence-corrected chi connectivity index (χ4v) is 5.67. The molecular weight excluding hydrogens is 526 g/mol. The average molecular weight is 564 g/mol. The highest BCUT2D eigenvalue weighted by molar-refractivity contribution is 5.94. The van der Waals surface area contributed by atoms with Gasteiger partial charge in [-0.1, -0.05) is 60.7 Å². The highest BCUT2D eigenvalue weighted by Crippen LogP contribution is 2.44. The van der Waals surface area contributed by atoms with Crippen LogP contribution < -0.4 is 16.4 Å². The van der Waals surface area contributed by atoms with E-state index in [-0.39, 0.29) is 25.0 Å². The first-order chi connectivity index (χ1) is 20.4. The molecule has 4 N–H and O–H groups in total. The van der Waals surface area contributed by atoms with Crippen LogP contribution in [0.3, 0.4) is 0 Å². The molecule has 1 heterocycles. The number of amides is 2. The molecule has 0 spiro atoms. The molecule has 216 valence electrons. The van der Waals surface area contributed by atoms with E-state index in [0.29, 0.717) is 12.1 Å². The van der Waals surface area contributed by atoms with Crippen LogP contribution in [0.15, 0.2) is 101 Å². The van der Waals surface area contributed by atoms with Gasteiger partial charge in [-0.2, -0.15) is 0 Å². The van der Waals surface area contributed by atoms with Gasteiger partial charge >= 0.3 is 6.09 Å². The van der Waals surface area contributed by atoms with Gasteiger partial charge in [0, 0.05) is 62.0 Å². The van der Waals surface area contributed by atoms with Crippen LogP contribution >= 0.6 is 0 Å². The quantitative estimate of drug-likeness (QED) is 0.238. The third-order valence-electron chi connectivity index (χ3n) is 7.67. The van der Waals surface area contributed by atoms with Crippen molar-refractivity contribution in [3.8, 4) is 11.1 Å². The van der Waals surface area contributed by atoms with Crippen molar-refractivity contribution in [2.75, 3.05) is 32.8 Å². The maximum Gasteiger partial charge on any atom is 0.407 e. The molecule has 2 amide bonds. The van der Waals surface area contributed by atoms with E-state index < -0.39 is 6.09 Å². The van der Waals surface area contributed by atoms with Crippen LogP contribution in [0.5, 0.6) is 0 Å². The zero-order valence-corrected chi connectivity index (χ0v) is 23.9. The normalized spacial score (nSPS) is 15.1. The number of fused-ring (bicyclic) bond motifs is 3. The average Bonchev–Trinajstić information content (AvgIpc) is 3.32. The number of nitrogens with one attached hydrogen (secondary N) is 2. The van der Waals surface area contributed by atoms with Crippen molar-refractivity contribution in [1.82, 2.24) is 15.5 Å². The van der Waals surface area contributed by atoms with Crippen LogP contribution in [0.1, 0.15) is 46.3 Å². The van der Waals surface area contributed by atoms with Gasteiger partial charge < -0.3 is 21.1 Å². The van der Waals surface area contributed by atoms with Gasteiger partial charge in [-0.15, -0.1) is 0 Å². The molecule has 0 unspecified atom stereocenters. The minimum Gasteiger partial charge on any atom is -0.449 e. The third-order valence-corrected chi connectivity index (χ3v) is 7.67. The van der Waals surface area contributed by atoms with Crippen LogP contribution in [0.4, 0.5) is 4.79 Å². The van der Waals surface area contributed by atoms with Crippen LogP contribution in [-0.2, 0) is 11.3 Å². The maximum absolute atomic E-state index is 12.6. The van der Waals surface area contributed by atoms with Gasteiger partial charge in [-0.25, -0.2) is 4.79 Å². The topological polar surface area (TPSA) is 109 Å². The molecule has 8 heteroatoms. The molecule has 0 fully saturated rings. The van der Waals surface area contributed by atoms with Crippen molar-refractivity contribution in [2.45, 2.75) is 25.8 Å². The second-order valence-electron chi connectivity index (χ2n) is 10.7. The summed E-state index contributed by atoms with van der Waals surface area (Å²) >= 11 is 0. The molecule has 0 radical (unpaired) electrons. The van der Waals surface area contributed by atoms with E-state index in [2.05, 4.69) is 51.5 Å². The molecule has 0 atom stereocenters. The number of benzene rings is 3. The first kappa shape index (κ1) is 28.8. The van der Waals surface area contributed by atoms with E-state index in [1.165, 1.54) is 22.3 Å². The number of aliphatic imine (C=N–C) groups is 1. The maximum atomic E-state index is 12.6. The summed E-state index contributed by atoms with van der Waals surface area (Å²) in [5, 5.41) is 5.58. The van der Waals surface area contributed by atoms with Crippen LogP contribution in [0, 0.1) is 0 Å². The van der Waals surface area contributed by atoms with Crippen LogP contribution in [0.2, 0.25) is 0 Å². The van der Waals surface area contributed by atoms with Gasteiger partial charge in [0.25, 0.3) is 5.91 Å². The number of carbonyl (C=O) groups is 2. The Morgan fingerprint density at radius 1 is 1.00 bits per heavy atom. The zero-order valence-electron chi connectivity index (χ0n) is 23.9. The summed E-state index contributed by atoms with van der Waals surface area (Å²) in [4.78, 5) is 31.5. The van der Waals surface area contributed by atoms with Crippen molar-refractivity contribution in [1.29, 1.82) is 0 Å². The van der Waals surface area contributed by atoms with E-state index in [1.54, 1.807) is 0 Å². The molecule has 0 aromatic heterocycles. The van der Waals surface area contributed by atoms with E-state index in [4.69, 9.17) is 10.5 Å².